The normalized spacial score (nSPS) is 16.9. The van der Waals surface area contributed by atoms with Gasteiger partial charge in [0.2, 0.25) is 5.91 Å². The van der Waals surface area contributed by atoms with E-state index in [2.05, 4.69) is 11.4 Å². The van der Waals surface area contributed by atoms with E-state index in [1.807, 2.05) is 0 Å². The number of amides is 1. The molecule has 0 unspecified atom stereocenters. The summed E-state index contributed by atoms with van der Waals surface area (Å²) in [6.07, 6.45) is 3.03. The number of hydrogen-bond acceptors (Lipinski definition) is 2. The monoisotopic (exact) mass is 280 g/mol. The highest BCUT2D eigenvalue weighted by Crippen LogP contribution is 2.37. The van der Waals surface area contributed by atoms with Gasteiger partial charge in [-0.2, -0.15) is 5.26 Å². The van der Waals surface area contributed by atoms with Crippen LogP contribution in [-0.2, 0) is 11.3 Å². The van der Waals surface area contributed by atoms with Gasteiger partial charge in [0.05, 0.1) is 11.1 Å². The SMILES string of the molecule is N#CC1(C(=O)NCc2ccc(F)c(Cl)c2)CCCC1. The average molecular weight is 281 g/mol. The Morgan fingerprint density at radius 1 is 1.47 bits per heavy atom. The smallest absolute Gasteiger partial charge is 0.240 e. The molecule has 1 aliphatic rings. The van der Waals surface area contributed by atoms with Crippen LogP contribution in [0.5, 0.6) is 0 Å². The molecule has 0 saturated heterocycles. The van der Waals surface area contributed by atoms with Crippen molar-refractivity contribution in [3.8, 4) is 6.07 Å². The van der Waals surface area contributed by atoms with Crippen LogP contribution in [-0.4, -0.2) is 5.91 Å². The highest BCUT2D eigenvalue weighted by molar-refractivity contribution is 6.30. The van der Waals surface area contributed by atoms with E-state index in [0.29, 0.717) is 18.4 Å². The predicted molar refractivity (Wildman–Crippen MR) is 69.8 cm³/mol. The Balaban J connectivity index is 2.00. The summed E-state index contributed by atoms with van der Waals surface area (Å²) in [6.45, 7) is 0.252. The van der Waals surface area contributed by atoms with E-state index in [1.54, 1.807) is 6.07 Å². The van der Waals surface area contributed by atoms with Gasteiger partial charge in [0.1, 0.15) is 11.2 Å². The summed E-state index contributed by atoms with van der Waals surface area (Å²) >= 11 is 5.67. The molecule has 1 saturated carbocycles. The van der Waals surface area contributed by atoms with Crippen molar-refractivity contribution < 1.29 is 9.18 Å². The lowest BCUT2D eigenvalue weighted by atomic mass is 9.87. The molecule has 0 heterocycles. The summed E-state index contributed by atoms with van der Waals surface area (Å²) in [4.78, 5) is 12.1. The molecule has 0 bridgehead atoms. The number of rotatable bonds is 3. The van der Waals surface area contributed by atoms with Crippen molar-refractivity contribution in [2.75, 3.05) is 0 Å². The van der Waals surface area contributed by atoms with Crippen molar-refractivity contribution in [1.29, 1.82) is 5.26 Å². The minimum Gasteiger partial charge on any atom is -0.351 e. The van der Waals surface area contributed by atoms with E-state index in [1.165, 1.54) is 12.1 Å². The standard InChI is InChI=1S/C14H14ClFN2O/c15-11-7-10(3-4-12(11)16)8-18-13(19)14(9-17)5-1-2-6-14/h3-4,7H,1-2,5-6,8H2,(H,18,19). The van der Waals surface area contributed by atoms with Gasteiger partial charge in [-0.3, -0.25) is 4.79 Å². The fourth-order valence-electron chi connectivity index (χ4n) is 2.37. The van der Waals surface area contributed by atoms with Crippen molar-refractivity contribution in [3.05, 3.63) is 34.6 Å². The maximum Gasteiger partial charge on any atom is 0.240 e. The van der Waals surface area contributed by atoms with Crippen molar-refractivity contribution in [1.82, 2.24) is 5.32 Å². The van der Waals surface area contributed by atoms with Gasteiger partial charge in [0.25, 0.3) is 0 Å². The summed E-state index contributed by atoms with van der Waals surface area (Å²) in [5.74, 6) is -0.728. The molecule has 0 atom stereocenters. The molecule has 0 radical (unpaired) electrons. The number of benzene rings is 1. The molecular weight excluding hydrogens is 267 g/mol. The first-order chi connectivity index (χ1) is 9.07. The fraction of sp³-hybridized carbons (Fsp3) is 0.429. The molecule has 2 rings (SSSR count). The zero-order chi connectivity index (χ0) is 13.9. The van der Waals surface area contributed by atoms with Crippen LogP contribution >= 0.6 is 11.6 Å². The Kier molecular flexibility index (Phi) is 4.06. The lowest BCUT2D eigenvalue weighted by Gasteiger charge is -2.19. The number of carbonyl (C=O) groups is 1. The molecule has 1 aromatic rings. The van der Waals surface area contributed by atoms with Gasteiger partial charge in [0.15, 0.2) is 0 Å². The van der Waals surface area contributed by atoms with Crippen LogP contribution in [0.25, 0.3) is 0 Å². The van der Waals surface area contributed by atoms with Gasteiger partial charge in [-0.15, -0.1) is 0 Å². The molecule has 3 nitrogen and oxygen atoms in total. The largest absolute Gasteiger partial charge is 0.351 e. The first-order valence-electron chi connectivity index (χ1n) is 6.21. The van der Waals surface area contributed by atoms with Crippen LogP contribution in [0.15, 0.2) is 18.2 Å². The van der Waals surface area contributed by atoms with Crippen LogP contribution in [0.4, 0.5) is 4.39 Å². The predicted octanol–water partition coefficient (Wildman–Crippen LogP) is 3.18. The second kappa shape index (κ2) is 5.58. The van der Waals surface area contributed by atoms with E-state index >= 15 is 0 Å². The first kappa shape index (κ1) is 13.8. The summed E-state index contributed by atoms with van der Waals surface area (Å²) in [5.41, 5.74) is -0.171. The lowest BCUT2D eigenvalue weighted by molar-refractivity contribution is -0.128. The molecule has 19 heavy (non-hydrogen) atoms. The van der Waals surface area contributed by atoms with E-state index in [9.17, 15) is 14.4 Å². The minimum atomic E-state index is -0.885. The summed E-state index contributed by atoms with van der Waals surface area (Å²) in [7, 11) is 0. The number of nitriles is 1. The van der Waals surface area contributed by atoms with Crippen LogP contribution < -0.4 is 5.32 Å². The van der Waals surface area contributed by atoms with Crippen LogP contribution in [0.2, 0.25) is 5.02 Å². The van der Waals surface area contributed by atoms with Crippen molar-refractivity contribution in [3.63, 3.8) is 0 Å². The van der Waals surface area contributed by atoms with Gasteiger partial charge in [-0.05, 0) is 30.5 Å². The number of nitrogens with zero attached hydrogens (tertiary/aromatic N) is 1. The highest BCUT2D eigenvalue weighted by Gasteiger charge is 2.41. The molecule has 1 N–H and O–H groups in total. The Morgan fingerprint density at radius 2 is 2.16 bits per heavy atom. The molecular formula is C14H14ClFN2O. The molecule has 1 fully saturated rings. The average Bonchev–Trinajstić information content (AvgIpc) is 2.90. The third kappa shape index (κ3) is 2.87. The molecule has 0 aliphatic heterocycles. The van der Waals surface area contributed by atoms with Crippen molar-refractivity contribution in [2.45, 2.75) is 32.2 Å². The summed E-state index contributed by atoms with van der Waals surface area (Å²) in [5, 5.41) is 12.0. The van der Waals surface area contributed by atoms with Gasteiger partial charge < -0.3 is 5.32 Å². The molecule has 1 aromatic carbocycles. The third-order valence-electron chi connectivity index (χ3n) is 3.54. The second-order valence-corrected chi connectivity index (χ2v) is 5.24. The molecule has 100 valence electrons. The fourth-order valence-corrected chi connectivity index (χ4v) is 2.57. The minimum absolute atomic E-state index is 0.0302. The number of carbonyl (C=O) groups excluding carboxylic acids is 1. The maximum atomic E-state index is 13.0. The van der Waals surface area contributed by atoms with Gasteiger partial charge >= 0.3 is 0 Å². The number of halogens is 2. The van der Waals surface area contributed by atoms with E-state index in [-0.39, 0.29) is 17.5 Å². The molecule has 0 aromatic heterocycles. The van der Waals surface area contributed by atoms with E-state index in [4.69, 9.17) is 11.6 Å². The number of nitrogens with one attached hydrogen (secondary N) is 1. The highest BCUT2D eigenvalue weighted by atomic mass is 35.5. The van der Waals surface area contributed by atoms with Crippen LogP contribution in [0.1, 0.15) is 31.2 Å². The Morgan fingerprint density at radius 3 is 2.74 bits per heavy atom. The quantitative estimate of drug-likeness (QED) is 0.924. The maximum absolute atomic E-state index is 13.0. The third-order valence-corrected chi connectivity index (χ3v) is 3.83. The summed E-state index contributed by atoms with van der Waals surface area (Å²) < 4.78 is 13.0. The van der Waals surface area contributed by atoms with E-state index < -0.39 is 11.2 Å². The zero-order valence-electron chi connectivity index (χ0n) is 10.4. The van der Waals surface area contributed by atoms with Crippen molar-refractivity contribution >= 4 is 17.5 Å². The Labute approximate surface area is 116 Å². The molecule has 0 spiro atoms. The van der Waals surface area contributed by atoms with E-state index in [0.717, 1.165) is 12.8 Å². The molecule has 5 heteroatoms. The Hall–Kier alpha value is -1.60. The first-order valence-corrected chi connectivity index (χ1v) is 6.59. The lowest BCUT2D eigenvalue weighted by Crippen LogP contribution is -2.37. The second-order valence-electron chi connectivity index (χ2n) is 4.83. The molecule has 1 aliphatic carbocycles. The van der Waals surface area contributed by atoms with Crippen molar-refractivity contribution in [2.24, 2.45) is 5.41 Å². The Bertz CT molecular complexity index is 533. The van der Waals surface area contributed by atoms with Gasteiger partial charge in [-0.1, -0.05) is 30.5 Å². The van der Waals surface area contributed by atoms with Crippen LogP contribution in [0, 0.1) is 22.6 Å². The van der Waals surface area contributed by atoms with Gasteiger partial charge in [0, 0.05) is 6.54 Å². The molecule has 1 amide bonds. The summed E-state index contributed by atoms with van der Waals surface area (Å²) in [6, 6.07) is 6.44. The topological polar surface area (TPSA) is 52.9 Å². The number of hydrogen-bond donors (Lipinski definition) is 1. The van der Waals surface area contributed by atoms with Crippen LogP contribution in [0.3, 0.4) is 0 Å². The van der Waals surface area contributed by atoms with Gasteiger partial charge in [-0.25, -0.2) is 4.39 Å². The zero-order valence-corrected chi connectivity index (χ0v) is 11.1.